The molecule has 0 saturated carbocycles. The van der Waals surface area contributed by atoms with E-state index < -0.39 is 11.6 Å². The van der Waals surface area contributed by atoms with Crippen molar-refractivity contribution in [3.8, 4) is 0 Å². The molecule has 4 heteroatoms. The van der Waals surface area contributed by atoms with Gasteiger partial charge in [0.25, 0.3) is 0 Å². The molecule has 1 aliphatic rings. The Morgan fingerprint density at radius 3 is 2.71 bits per heavy atom. The number of hydrogen-bond acceptors (Lipinski definition) is 3. The molecule has 3 nitrogen and oxygen atoms in total. The van der Waals surface area contributed by atoms with E-state index in [1.165, 1.54) is 0 Å². The first kappa shape index (κ1) is 11.9. The molecule has 1 amide bonds. The third kappa shape index (κ3) is 2.89. The Morgan fingerprint density at radius 1 is 1.64 bits per heavy atom. The highest BCUT2D eigenvalue weighted by atomic mass is 32.2. The van der Waals surface area contributed by atoms with Gasteiger partial charge in [-0.15, -0.1) is 0 Å². The SMILES string of the molecule is CC(O)C(C)(C)NC(=O)C1CCSC1. The summed E-state index contributed by atoms with van der Waals surface area (Å²) in [4.78, 5) is 11.7. The smallest absolute Gasteiger partial charge is 0.224 e. The summed E-state index contributed by atoms with van der Waals surface area (Å²) in [5.41, 5.74) is -0.523. The molecule has 2 N–H and O–H groups in total. The Kier molecular flexibility index (Phi) is 3.84. The topological polar surface area (TPSA) is 49.3 Å². The van der Waals surface area contributed by atoms with Crippen molar-refractivity contribution in [3.63, 3.8) is 0 Å². The van der Waals surface area contributed by atoms with Gasteiger partial charge in [0.2, 0.25) is 5.91 Å². The number of amides is 1. The van der Waals surface area contributed by atoms with Crippen LogP contribution in [0.1, 0.15) is 27.2 Å². The summed E-state index contributed by atoms with van der Waals surface area (Å²) in [5.74, 6) is 2.22. The zero-order valence-corrected chi connectivity index (χ0v) is 9.86. The molecule has 1 fully saturated rings. The van der Waals surface area contributed by atoms with Crippen LogP contribution in [-0.2, 0) is 4.79 Å². The van der Waals surface area contributed by atoms with Crippen LogP contribution in [0.4, 0.5) is 0 Å². The summed E-state index contributed by atoms with van der Waals surface area (Å²) < 4.78 is 0. The molecular formula is C10H19NO2S. The van der Waals surface area contributed by atoms with Crippen LogP contribution in [-0.4, -0.2) is 34.2 Å². The number of rotatable bonds is 3. The van der Waals surface area contributed by atoms with Crippen molar-refractivity contribution < 1.29 is 9.90 Å². The van der Waals surface area contributed by atoms with Crippen molar-refractivity contribution in [1.29, 1.82) is 0 Å². The van der Waals surface area contributed by atoms with Gasteiger partial charge < -0.3 is 10.4 Å². The molecule has 0 aromatic rings. The highest BCUT2D eigenvalue weighted by molar-refractivity contribution is 7.99. The fourth-order valence-corrected chi connectivity index (χ4v) is 2.49. The summed E-state index contributed by atoms with van der Waals surface area (Å²) in [6.45, 7) is 5.39. The molecule has 0 aliphatic carbocycles. The molecule has 1 saturated heterocycles. The second-order valence-electron chi connectivity index (χ2n) is 4.45. The standard InChI is InChI=1S/C10H19NO2S/c1-7(12)10(2,3)11-9(13)8-4-5-14-6-8/h7-8,12H,4-6H2,1-3H3,(H,11,13). The van der Waals surface area contributed by atoms with Crippen LogP contribution in [0, 0.1) is 5.92 Å². The quantitative estimate of drug-likeness (QED) is 0.742. The second kappa shape index (κ2) is 4.53. The third-order valence-corrected chi connectivity index (χ3v) is 3.95. The van der Waals surface area contributed by atoms with E-state index in [-0.39, 0.29) is 11.8 Å². The van der Waals surface area contributed by atoms with Gasteiger partial charge in [-0.25, -0.2) is 0 Å². The fourth-order valence-electron chi connectivity index (χ4n) is 1.27. The molecule has 14 heavy (non-hydrogen) atoms. The molecule has 82 valence electrons. The maximum atomic E-state index is 11.7. The fraction of sp³-hybridized carbons (Fsp3) is 0.900. The first-order valence-corrected chi connectivity index (χ1v) is 6.17. The van der Waals surface area contributed by atoms with E-state index in [4.69, 9.17) is 0 Å². The Balaban J connectivity index is 2.46. The minimum Gasteiger partial charge on any atom is -0.391 e. The lowest BCUT2D eigenvalue weighted by Crippen LogP contribution is -2.52. The van der Waals surface area contributed by atoms with Gasteiger partial charge in [0.15, 0.2) is 0 Å². The van der Waals surface area contributed by atoms with E-state index in [1.807, 2.05) is 25.6 Å². The normalized spacial score (nSPS) is 24.7. The minimum atomic E-state index is -0.527. The number of thioether (sulfide) groups is 1. The number of carbonyl (C=O) groups is 1. The third-order valence-electron chi connectivity index (χ3n) is 2.79. The molecule has 1 heterocycles. The maximum Gasteiger partial charge on any atom is 0.224 e. The largest absolute Gasteiger partial charge is 0.391 e. The van der Waals surface area contributed by atoms with Gasteiger partial charge in [0.1, 0.15) is 0 Å². The average Bonchev–Trinajstić information content (AvgIpc) is 2.54. The van der Waals surface area contributed by atoms with E-state index in [2.05, 4.69) is 5.32 Å². The summed E-state index contributed by atoms with van der Waals surface area (Å²) in [6, 6.07) is 0. The van der Waals surface area contributed by atoms with Gasteiger partial charge in [-0.2, -0.15) is 11.8 Å². The number of aliphatic hydroxyl groups is 1. The Labute approximate surface area is 89.6 Å². The van der Waals surface area contributed by atoms with Crippen LogP contribution in [0.25, 0.3) is 0 Å². The summed E-state index contributed by atoms with van der Waals surface area (Å²) in [7, 11) is 0. The summed E-state index contributed by atoms with van der Waals surface area (Å²) in [5, 5.41) is 12.3. The van der Waals surface area contributed by atoms with Crippen molar-refractivity contribution in [2.24, 2.45) is 5.92 Å². The van der Waals surface area contributed by atoms with Crippen molar-refractivity contribution in [2.75, 3.05) is 11.5 Å². The van der Waals surface area contributed by atoms with Gasteiger partial charge >= 0.3 is 0 Å². The number of aliphatic hydroxyl groups excluding tert-OH is 1. The zero-order valence-electron chi connectivity index (χ0n) is 9.04. The van der Waals surface area contributed by atoms with E-state index in [9.17, 15) is 9.90 Å². The van der Waals surface area contributed by atoms with Gasteiger partial charge in [0.05, 0.1) is 11.6 Å². The summed E-state index contributed by atoms with van der Waals surface area (Å²) >= 11 is 1.82. The maximum absolute atomic E-state index is 11.7. The Morgan fingerprint density at radius 2 is 2.29 bits per heavy atom. The molecule has 0 spiro atoms. The molecule has 0 radical (unpaired) electrons. The van der Waals surface area contributed by atoms with Crippen molar-refractivity contribution >= 4 is 17.7 Å². The molecule has 0 bridgehead atoms. The molecule has 2 atom stereocenters. The number of carbonyl (C=O) groups excluding carboxylic acids is 1. The second-order valence-corrected chi connectivity index (χ2v) is 5.60. The number of nitrogens with one attached hydrogen (secondary N) is 1. The molecule has 2 unspecified atom stereocenters. The molecule has 1 rings (SSSR count). The van der Waals surface area contributed by atoms with Crippen LogP contribution < -0.4 is 5.32 Å². The molecule has 1 aliphatic heterocycles. The van der Waals surface area contributed by atoms with E-state index >= 15 is 0 Å². The van der Waals surface area contributed by atoms with Crippen molar-refractivity contribution in [2.45, 2.75) is 38.8 Å². The van der Waals surface area contributed by atoms with E-state index in [0.29, 0.717) is 0 Å². The Bertz CT molecular complexity index is 210. The summed E-state index contributed by atoms with van der Waals surface area (Å²) in [6.07, 6.45) is 0.437. The van der Waals surface area contributed by atoms with E-state index in [1.54, 1.807) is 6.92 Å². The van der Waals surface area contributed by atoms with Crippen molar-refractivity contribution in [1.82, 2.24) is 5.32 Å². The van der Waals surface area contributed by atoms with Gasteiger partial charge in [-0.1, -0.05) is 0 Å². The van der Waals surface area contributed by atoms with Crippen molar-refractivity contribution in [3.05, 3.63) is 0 Å². The molecular weight excluding hydrogens is 198 g/mol. The highest BCUT2D eigenvalue weighted by Gasteiger charge is 2.30. The van der Waals surface area contributed by atoms with Crippen LogP contribution >= 0.6 is 11.8 Å². The minimum absolute atomic E-state index is 0.0842. The van der Waals surface area contributed by atoms with Gasteiger partial charge in [0, 0.05) is 11.7 Å². The first-order chi connectivity index (χ1) is 6.43. The molecule has 0 aromatic heterocycles. The predicted octanol–water partition coefficient (Wildman–Crippen LogP) is 1.02. The predicted molar refractivity (Wildman–Crippen MR) is 59.3 cm³/mol. The first-order valence-electron chi connectivity index (χ1n) is 5.01. The highest BCUT2D eigenvalue weighted by Crippen LogP contribution is 2.24. The Hall–Kier alpha value is -0.220. The lowest BCUT2D eigenvalue weighted by Gasteiger charge is -2.30. The van der Waals surface area contributed by atoms with Gasteiger partial charge in [-0.3, -0.25) is 4.79 Å². The molecule has 0 aromatic carbocycles. The van der Waals surface area contributed by atoms with E-state index in [0.717, 1.165) is 17.9 Å². The van der Waals surface area contributed by atoms with Crippen LogP contribution in [0.15, 0.2) is 0 Å². The van der Waals surface area contributed by atoms with Crippen LogP contribution in [0.3, 0.4) is 0 Å². The van der Waals surface area contributed by atoms with Gasteiger partial charge in [-0.05, 0) is 32.9 Å². The van der Waals surface area contributed by atoms with Crippen LogP contribution in [0.2, 0.25) is 0 Å². The number of hydrogen-bond donors (Lipinski definition) is 2. The lowest BCUT2D eigenvalue weighted by atomic mass is 9.97. The average molecular weight is 217 g/mol. The van der Waals surface area contributed by atoms with Crippen LogP contribution in [0.5, 0.6) is 0 Å². The monoisotopic (exact) mass is 217 g/mol. The lowest BCUT2D eigenvalue weighted by molar-refractivity contribution is -0.127. The zero-order chi connectivity index (χ0) is 10.8.